The molecule has 7 heteroatoms. The molecule has 32 heavy (non-hydrogen) atoms. The Hall–Kier alpha value is -3.32. The van der Waals surface area contributed by atoms with Gasteiger partial charge in [0, 0.05) is 42.4 Å². The van der Waals surface area contributed by atoms with Crippen LogP contribution in [-0.4, -0.2) is 30.6 Å². The van der Waals surface area contributed by atoms with Gasteiger partial charge in [0.1, 0.15) is 5.76 Å². The highest BCUT2D eigenvalue weighted by atomic mass is 19.4. The number of hydrogen-bond acceptors (Lipinski definition) is 4. The van der Waals surface area contributed by atoms with E-state index in [2.05, 4.69) is 9.88 Å². The molecule has 4 nitrogen and oxygen atoms in total. The Morgan fingerprint density at radius 1 is 1.03 bits per heavy atom. The number of fused-ring (bicyclic) bond motifs is 1. The number of aromatic nitrogens is 1. The molecule has 0 spiro atoms. The van der Waals surface area contributed by atoms with Crippen LogP contribution in [0, 0.1) is 0 Å². The van der Waals surface area contributed by atoms with Gasteiger partial charge in [-0.15, -0.1) is 0 Å². The van der Waals surface area contributed by atoms with E-state index in [1.807, 2.05) is 37.4 Å². The molecule has 2 heterocycles. The predicted molar refractivity (Wildman–Crippen MR) is 117 cm³/mol. The molecule has 0 bridgehead atoms. The second kappa shape index (κ2) is 9.04. The van der Waals surface area contributed by atoms with E-state index in [1.54, 1.807) is 18.3 Å². The fraction of sp³-hybridized carbons (Fsp3) is 0.240. The van der Waals surface area contributed by atoms with E-state index in [-0.39, 0.29) is 11.3 Å². The van der Waals surface area contributed by atoms with Crippen molar-refractivity contribution in [2.75, 3.05) is 20.7 Å². The van der Waals surface area contributed by atoms with E-state index in [9.17, 15) is 13.2 Å². The summed E-state index contributed by atoms with van der Waals surface area (Å²) in [5.41, 5.74) is 1.71. The normalized spacial score (nSPS) is 11.9. The van der Waals surface area contributed by atoms with Gasteiger partial charge in [-0.1, -0.05) is 24.3 Å². The summed E-state index contributed by atoms with van der Waals surface area (Å²) in [7, 11) is 3.54. The molecule has 2 aromatic carbocycles. The molecule has 0 N–H and O–H groups in total. The first-order valence-electron chi connectivity index (χ1n) is 10.2. The van der Waals surface area contributed by atoms with Crippen molar-refractivity contribution in [3.8, 4) is 17.1 Å². The first-order valence-corrected chi connectivity index (χ1v) is 10.2. The summed E-state index contributed by atoms with van der Waals surface area (Å²) >= 11 is 0. The van der Waals surface area contributed by atoms with Crippen LogP contribution in [0.25, 0.3) is 22.3 Å². The number of nitrogens with zero attached hydrogens (tertiary/aromatic N) is 2. The van der Waals surface area contributed by atoms with Gasteiger partial charge in [-0.3, -0.25) is 4.98 Å². The van der Waals surface area contributed by atoms with E-state index in [0.717, 1.165) is 30.3 Å². The van der Waals surface area contributed by atoms with Crippen molar-refractivity contribution in [1.29, 1.82) is 0 Å². The highest BCUT2D eigenvalue weighted by molar-refractivity contribution is 5.88. The minimum absolute atomic E-state index is 0.00674. The quantitative estimate of drug-likeness (QED) is 0.343. The lowest BCUT2D eigenvalue weighted by Crippen LogP contribution is -2.21. The Morgan fingerprint density at radius 2 is 1.81 bits per heavy atom. The molecule has 2 aromatic heterocycles. The Bertz CT molecular complexity index is 1200. The minimum Gasteiger partial charge on any atom is -0.493 e. The maximum Gasteiger partial charge on any atom is 0.417 e. The number of hydrogen-bond donors (Lipinski definition) is 0. The van der Waals surface area contributed by atoms with Gasteiger partial charge in [-0.25, -0.2) is 0 Å². The van der Waals surface area contributed by atoms with Crippen LogP contribution < -0.4 is 4.74 Å². The summed E-state index contributed by atoms with van der Waals surface area (Å²) in [4.78, 5) is 6.50. The van der Waals surface area contributed by atoms with Crippen molar-refractivity contribution < 1.29 is 22.3 Å². The summed E-state index contributed by atoms with van der Waals surface area (Å²) in [6.07, 6.45) is -1.87. The molecule has 0 aliphatic rings. The van der Waals surface area contributed by atoms with Gasteiger partial charge in [0.15, 0.2) is 11.3 Å². The van der Waals surface area contributed by atoms with Crippen LogP contribution in [0.4, 0.5) is 13.2 Å². The van der Waals surface area contributed by atoms with Crippen LogP contribution in [0.5, 0.6) is 5.75 Å². The van der Waals surface area contributed by atoms with Gasteiger partial charge in [-0.2, -0.15) is 13.2 Å². The smallest absolute Gasteiger partial charge is 0.417 e. The minimum atomic E-state index is -4.47. The number of likely N-dealkylation sites (N-methyl/N-ethyl adjacent to an activating group) is 1. The van der Waals surface area contributed by atoms with E-state index in [0.29, 0.717) is 23.3 Å². The van der Waals surface area contributed by atoms with Crippen LogP contribution in [-0.2, 0) is 19.1 Å². The van der Waals surface area contributed by atoms with Crippen LogP contribution in [0.2, 0.25) is 0 Å². The molecule has 4 rings (SSSR count). The lowest BCUT2D eigenvalue weighted by Gasteiger charge is -2.17. The van der Waals surface area contributed by atoms with E-state index >= 15 is 0 Å². The van der Waals surface area contributed by atoms with Gasteiger partial charge < -0.3 is 14.1 Å². The lowest BCUT2D eigenvalue weighted by molar-refractivity contribution is -0.137. The van der Waals surface area contributed by atoms with Gasteiger partial charge in [-0.05, 0) is 49.0 Å². The van der Waals surface area contributed by atoms with Gasteiger partial charge in [0.25, 0.3) is 0 Å². The summed E-state index contributed by atoms with van der Waals surface area (Å²) in [5, 5.41) is 0.699. The standard InChI is InChI=1S/C25H23F3N2O2/c1-30(12-10-19-7-5-6-11-29-19)16-17-13-18-15-22(32-24(18)23(14-17)31-2)20-8-3-4-9-21(20)25(26,27)28/h3-9,11,13-15H,10,12,16H2,1-2H3. The molecule has 4 aromatic rings. The van der Waals surface area contributed by atoms with Crippen LogP contribution in [0.3, 0.4) is 0 Å². The number of halogens is 3. The number of ether oxygens (including phenoxy) is 1. The molecule has 0 radical (unpaired) electrons. The first-order chi connectivity index (χ1) is 15.3. The molecule has 0 fully saturated rings. The number of pyridine rings is 1. The van der Waals surface area contributed by atoms with Crippen molar-refractivity contribution in [3.63, 3.8) is 0 Å². The molecule has 0 unspecified atom stereocenters. The van der Waals surface area contributed by atoms with E-state index < -0.39 is 11.7 Å². The maximum absolute atomic E-state index is 13.5. The molecule has 0 amide bonds. The zero-order chi connectivity index (χ0) is 22.7. The van der Waals surface area contributed by atoms with Gasteiger partial charge >= 0.3 is 6.18 Å². The third-order valence-electron chi connectivity index (χ3n) is 5.29. The number of benzene rings is 2. The van der Waals surface area contributed by atoms with Crippen molar-refractivity contribution in [2.24, 2.45) is 0 Å². The Balaban J connectivity index is 1.61. The van der Waals surface area contributed by atoms with Crippen LogP contribution in [0.1, 0.15) is 16.8 Å². The monoisotopic (exact) mass is 440 g/mol. The number of methoxy groups -OCH3 is 1. The van der Waals surface area contributed by atoms with Crippen LogP contribution >= 0.6 is 0 Å². The lowest BCUT2D eigenvalue weighted by atomic mass is 10.0. The average Bonchev–Trinajstić information content (AvgIpc) is 3.21. The average molecular weight is 440 g/mol. The van der Waals surface area contributed by atoms with Gasteiger partial charge in [0.05, 0.1) is 12.7 Å². The molecule has 0 saturated heterocycles. The highest BCUT2D eigenvalue weighted by Crippen LogP contribution is 2.40. The molecule has 0 aliphatic heterocycles. The largest absolute Gasteiger partial charge is 0.493 e. The topological polar surface area (TPSA) is 38.5 Å². The Labute approximate surface area is 184 Å². The zero-order valence-corrected chi connectivity index (χ0v) is 17.8. The fourth-order valence-corrected chi connectivity index (χ4v) is 3.74. The molecule has 0 saturated carbocycles. The van der Waals surface area contributed by atoms with E-state index in [4.69, 9.17) is 9.15 Å². The summed E-state index contributed by atoms with van der Waals surface area (Å²) in [6.45, 7) is 1.46. The number of rotatable bonds is 7. The van der Waals surface area contributed by atoms with Crippen LogP contribution in [0.15, 0.2) is 71.3 Å². The summed E-state index contributed by atoms with van der Waals surface area (Å²) in [6, 6.07) is 16.7. The first kappa shape index (κ1) is 21.9. The third kappa shape index (κ3) is 4.78. The number of furan rings is 1. The van der Waals surface area contributed by atoms with Gasteiger partial charge in [0.2, 0.25) is 0 Å². The molecular formula is C25H23F3N2O2. The van der Waals surface area contributed by atoms with Crippen molar-refractivity contribution >= 4 is 11.0 Å². The summed E-state index contributed by atoms with van der Waals surface area (Å²) < 4.78 is 51.7. The van der Waals surface area contributed by atoms with E-state index in [1.165, 1.54) is 19.2 Å². The molecule has 0 atom stereocenters. The second-order valence-electron chi connectivity index (χ2n) is 7.68. The highest BCUT2D eigenvalue weighted by Gasteiger charge is 2.34. The Kier molecular flexibility index (Phi) is 6.19. The fourth-order valence-electron chi connectivity index (χ4n) is 3.74. The second-order valence-corrected chi connectivity index (χ2v) is 7.68. The zero-order valence-electron chi connectivity index (χ0n) is 17.8. The van der Waals surface area contributed by atoms with Crippen molar-refractivity contribution in [1.82, 2.24) is 9.88 Å². The third-order valence-corrected chi connectivity index (χ3v) is 5.29. The number of alkyl halides is 3. The van der Waals surface area contributed by atoms with Crippen molar-refractivity contribution in [3.05, 3.63) is 83.7 Å². The summed E-state index contributed by atoms with van der Waals surface area (Å²) in [5.74, 6) is 0.651. The predicted octanol–water partition coefficient (Wildman–Crippen LogP) is 6.20. The maximum atomic E-state index is 13.5. The Morgan fingerprint density at radius 3 is 2.53 bits per heavy atom. The SMILES string of the molecule is COc1cc(CN(C)CCc2ccccn2)cc2cc(-c3ccccc3C(F)(F)F)oc12. The molecular weight excluding hydrogens is 417 g/mol. The molecule has 0 aliphatic carbocycles. The molecule has 166 valence electrons. The van der Waals surface area contributed by atoms with Crippen molar-refractivity contribution in [2.45, 2.75) is 19.1 Å².